The van der Waals surface area contributed by atoms with Gasteiger partial charge in [-0.25, -0.2) is 9.97 Å². The lowest BCUT2D eigenvalue weighted by Crippen LogP contribution is -2.44. The maximum Gasteiger partial charge on any atom is 0.228 e. The Bertz CT molecular complexity index is 588. The molecule has 0 bridgehead atoms. The molecule has 3 rings (SSSR count). The van der Waals surface area contributed by atoms with Crippen LogP contribution in [0.25, 0.3) is 11.4 Å². The smallest absolute Gasteiger partial charge is 0.228 e. The minimum absolute atomic E-state index is 0.536. The van der Waals surface area contributed by atoms with Crippen molar-refractivity contribution in [3.05, 3.63) is 36.2 Å². The fourth-order valence-corrected chi connectivity index (χ4v) is 2.46. The maximum absolute atomic E-state index is 4.62. The van der Waals surface area contributed by atoms with Gasteiger partial charge in [0, 0.05) is 31.7 Å². The number of hydrogen-bond acceptors (Lipinski definition) is 5. The summed E-state index contributed by atoms with van der Waals surface area (Å²) < 4.78 is 0. The number of nitrogens with zero attached hydrogens (tertiary/aromatic N) is 4. The van der Waals surface area contributed by atoms with Crippen LogP contribution in [-0.2, 0) is 0 Å². The van der Waals surface area contributed by atoms with E-state index in [2.05, 4.69) is 63.3 Å². The molecule has 0 atom stereocenters. The van der Waals surface area contributed by atoms with Crippen molar-refractivity contribution in [2.24, 2.45) is 0 Å². The third-order valence-corrected chi connectivity index (χ3v) is 3.79. The Balaban J connectivity index is 1.84. The van der Waals surface area contributed by atoms with E-state index in [0.717, 1.165) is 43.5 Å². The van der Waals surface area contributed by atoms with Crippen molar-refractivity contribution in [2.75, 3.05) is 31.1 Å². The molecule has 1 aliphatic heterocycles. The van der Waals surface area contributed by atoms with Crippen molar-refractivity contribution in [1.29, 1.82) is 0 Å². The molecule has 1 aliphatic rings. The second-order valence-corrected chi connectivity index (χ2v) is 5.62. The molecule has 5 nitrogen and oxygen atoms in total. The van der Waals surface area contributed by atoms with Gasteiger partial charge in [0.05, 0.1) is 0 Å². The van der Waals surface area contributed by atoms with Crippen molar-refractivity contribution >= 4 is 5.95 Å². The molecule has 2 heterocycles. The van der Waals surface area contributed by atoms with Gasteiger partial charge in [-0.1, -0.05) is 38.1 Å². The largest absolute Gasteiger partial charge is 0.338 e. The fourth-order valence-electron chi connectivity index (χ4n) is 2.46. The molecule has 5 heteroatoms. The van der Waals surface area contributed by atoms with Crippen LogP contribution in [0.2, 0.25) is 0 Å². The highest BCUT2D eigenvalue weighted by Crippen LogP contribution is 2.20. The van der Waals surface area contributed by atoms with Crippen molar-refractivity contribution in [1.82, 2.24) is 20.3 Å². The van der Waals surface area contributed by atoms with Gasteiger partial charge in [-0.05, 0) is 11.5 Å². The maximum atomic E-state index is 4.62. The van der Waals surface area contributed by atoms with Crippen LogP contribution in [0.3, 0.4) is 0 Å². The van der Waals surface area contributed by atoms with E-state index in [9.17, 15) is 0 Å². The first-order chi connectivity index (χ1) is 10.2. The fraction of sp³-hybridized carbons (Fsp3) is 0.438. The Labute approximate surface area is 125 Å². The summed E-state index contributed by atoms with van der Waals surface area (Å²) in [5.41, 5.74) is 2.37. The summed E-state index contributed by atoms with van der Waals surface area (Å²) in [6, 6.07) is 8.47. The summed E-state index contributed by atoms with van der Waals surface area (Å²) in [7, 11) is 0. The zero-order chi connectivity index (χ0) is 14.7. The molecule has 0 aliphatic carbocycles. The number of benzene rings is 1. The van der Waals surface area contributed by atoms with Crippen LogP contribution in [0.4, 0.5) is 5.95 Å². The number of nitrogens with one attached hydrogen (secondary N) is 1. The van der Waals surface area contributed by atoms with Gasteiger partial charge in [0.15, 0.2) is 5.82 Å². The number of anilines is 1. The number of rotatable bonds is 3. The first-order valence-corrected chi connectivity index (χ1v) is 7.49. The average molecular weight is 283 g/mol. The van der Waals surface area contributed by atoms with Crippen LogP contribution in [0.1, 0.15) is 25.3 Å². The van der Waals surface area contributed by atoms with Gasteiger partial charge in [-0.3, -0.25) is 0 Å². The van der Waals surface area contributed by atoms with Gasteiger partial charge in [0.2, 0.25) is 5.95 Å². The van der Waals surface area contributed by atoms with Crippen LogP contribution in [0, 0.1) is 0 Å². The van der Waals surface area contributed by atoms with Crippen LogP contribution in [0.15, 0.2) is 30.6 Å². The van der Waals surface area contributed by atoms with Gasteiger partial charge in [-0.15, -0.1) is 0 Å². The molecule has 2 aromatic rings. The minimum Gasteiger partial charge on any atom is -0.338 e. The Morgan fingerprint density at radius 1 is 1.05 bits per heavy atom. The van der Waals surface area contributed by atoms with Gasteiger partial charge in [0.1, 0.15) is 6.33 Å². The molecule has 110 valence electrons. The lowest BCUT2D eigenvalue weighted by atomic mass is 10.0. The molecule has 21 heavy (non-hydrogen) atoms. The summed E-state index contributed by atoms with van der Waals surface area (Å²) >= 11 is 0. The van der Waals surface area contributed by atoms with Crippen molar-refractivity contribution in [3.8, 4) is 11.4 Å². The van der Waals surface area contributed by atoms with Gasteiger partial charge < -0.3 is 10.2 Å². The second kappa shape index (κ2) is 6.18. The topological polar surface area (TPSA) is 53.9 Å². The van der Waals surface area contributed by atoms with Crippen molar-refractivity contribution in [3.63, 3.8) is 0 Å². The normalized spacial score (nSPS) is 15.5. The first-order valence-electron chi connectivity index (χ1n) is 7.49. The Morgan fingerprint density at radius 2 is 1.76 bits per heavy atom. The zero-order valence-electron chi connectivity index (χ0n) is 12.6. The molecular formula is C16H21N5. The number of aromatic nitrogens is 3. The summed E-state index contributed by atoms with van der Waals surface area (Å²) in [6.45, 7) is 8.22. The van der Waals surface area contributed by atoms with Gasteiger partial charge >= 0.3 is 0 Å². The molecular weight excluding hydrogens is 262 g/mol. The third-order valence-electron chi connectivity index (χ3n) is 3.79. The van der Waals surface area contributed by atoms with E-state index in [0.29, 0.717) is 5.92 Å². The van der Waals surface area contributed by atoms with E-state index in [4.69, 9.17) is 0 Å². The van der Waals surface area contributed by atoms with E-state index in [1.54, 1.807) is 6.33 Å². The van der Waals surface area contributed by atoms with E-state index in [-0.39, 0.29) is 0 Å². The standard InChI is InChI=1S/C16H21N5/c1-12(2)13-3-5-14(6-4-13)15-18-11-19-16(20-15)21-9-7-17-8-10-21/h3-6,11-12,17H,7-10H2,1-2H3. The van der Waals surface area contributed by atoms with E-state index in [1.807, 2.05) is 0 Å². The predicted octanol–water partition coefficient (Wildman–Crippen LogP) is 2.07. The first kappa shape index (κ1) is 13.9. The zero-order valence-corrected chi connectivity index (χ0v) is 12.6. The molecule has 1 saturated heterocycles. The third kappa shape index (κ3) is 3.19. The molecule has 0 spiro atoms. The van der Waals surface area contributed by atoms with Crippen LogP contribution < -0.4 is 10.2 Å². The number of hydrogen-bond donors (Lipinski definition) is 1. The lowest BCUT2D eigenvalue weighted by molar-refractivity contribution is 0.579. The van der Waals surface area contributed by atoms with Crippen molar-refractivity contribution in [2.45, 2.75) is 19.8 Å². The molecule has 1 aromatic heterocycles. The van der Waals surface area contributed by atoms with Crippen molar-refractivity contribution < 1.29 is 0 Å². The van der Waals surface area contributed by atoms with Gasteiger partial charge in [-0.2, -0.15) is 4.98 Å². The van der Waals surface area contributed by atoms with Crippen LogP contribution >= 0.6 is 0 Å². The SMILES string of the molecule is CC(C)c1ccc(-c2ncnc(N3CCNCC3)n2)cc1. The molecule has 0 amide bonds. The predicted molar refractivity (Wildman–Crippen MR) is 84.4 cm³/mol. The quantitative estimate of drug-likeness (QED) is 0.934. The molecule has 0 saturated carbocycles. The van der Waals surface area contributed by atoms with Gasteiger partial charge in [0.25, 0.3) is 0 Å². The van der Waals surface area contributed by atoms with E-state index < -0.39 is 0 Å². The molecule has 1 N–H and O–H groups in total. The molecule has 0 radical (unpaired) electrons. The molecule has 0 unspecified atom stereocenters. The average Bonchev–Trinajstić information content (AvgIpc) is 2.56. The molecule has 1 aromatic carbocycles. The summed E-state index contributed by atoms with van der Waals surface area (Å²) in [6.07, 6.45) is 1.61. The number of piperazine rings is 1. The highest BCUT2D eigenvalue weighted by atomic mass is 15.3. The summed E-state index contributed by atoms with van der Waals surface area (Å²) in [4.78, 5) is 15.4. The van der Waals surface area contributed by atoms with Crippen LogP contribution in [0.5, 0.6) is 0 Å². The highest BCUT2D eigenvalue weighted by Gasteiger charge is 2.14. The van der Waals surface area contributed by atoms with Crippen LogP contribution in [-0.4, -0.2) is 41.1 Å². The summed E-state index contributed by atoms with van der Waals surface area (Å²) in [5.74, 6) is 2.05. The summed E-state index contributed by atoms with van der Waals surface area (Å²) in [5, 5.41) is 3.33. The molecule has 1 fully saturated rings. The Kier molecular flexibility index (Phi) is 4.10. The second-order valence-electron chi connectivity index (χ2n) is 5.62. The highest BCUT2D eigenvalue weighted by molar-refractivity contribution is 5.56. The van der Waals surface area contributed by atoms with E-state index >= 15 is 0 Å². The minimum atomic E-state index is 0.536. The Hall–Kier alpha value is -2.01. The van der Waals surface area contributed by atoms with E-state index in [1.165, 1.54) is 5.56 Å². The Morgan fingerprint density at radius 3 is 2.43 bits per heavy atom. The monoisotopic (exact) mass is 283 g/mol. The lowest BCUT2D eigenvalue weighted by Gasteiger charge is -2.27.